The van der Waals surface area contributed by atoms with Crippen LogP contribution in [0.2, 0.25) is 0 Å². The van der Waals surface area contributed by atoms with Gasteiger partial charge in [-0.05, 0) is 18.6 Å². The number of nitrogens with one attached hydrogen (secondary N) is 1. The number of thioether (sulfide) groups is 1. The Morgan fingerprint density at radius 1 is 1.47 bits per heavy atom. The predicted molar refractivity (Wildman–Crippen MR) is 73.6 cm³/mol. The quantitative estimate of drug-likeness (QED) is 0.437. The minimum atomic E-state index is -0.267. The third-order valence-electron chi connectivity index (χ3n) is 2.24. The number of rotatable bonds is 7. The number of aromatic nitrogens is 1. The number of nitrogens with two attached hydrogens (primary N) is 1. The molecule has 6 nitrogen and oxygen atoms in total. The summed E-state index contributed by atoms with van der Waals surface area (Å²) < 4.78 is 4.50. The topological polar surface area (TPSA) is 94.3 Å². The van der Waals surface area contributed by atoms with E-state index in [4.69, 9.17) is 5.73 Å². The van der Waals surface area contributed by atoms with Crippen molar-refractivity contribution in [1.29, 1.82) is 0 Å². The van der Waals surface area contributed by atoms with Crippen LogP contribution in [0, 0.1) is 0 Å². The number of hydrogen-bond donors (Lipinski definition) is 2. The Morgan fingerprint density at radius 2 is 2.26 bits per heavy atom. The lowest BCUT2D eigenvalue weighted by atomic mass is 10.3. The number of anilines is 1. The minimum Gasteiger partial charge on any atom is -0.469 e. The van der Waals surface area contributed by atoms with Gasteiger partial charge < -0.3 is 15.8 Å². The Morgan fingerprint density at radius 3 is 2.89 bits per heavy atom. The van der Waals surface area contributed by atoms with E-state index in [-0.39, 0.29) is 11.9 Å². The number of pyridine rings is 1. The maximum atomic E-state index is 11.5. The van der Waals surface area contributed by atoms with Crippen molar-refractivity contribution in [3.05, 3.63) is 18.3 Å². The molecule has 0 radical (unpaired) electrons. The first-order valence-electron chi connectivity index (χ1n) is 5.79. The summed E-state index contributed by atoms with van der Waals surface area (Å²) in [6.07, 6.45) is 2.52. The second kappa shape index (κ2) is 8.36. The number of ether oxygens (including phenoxy) is 1. The molecule has 1 aromatic heterocycles. The molecule has 0 bridgehead atoms. The molecular weight excluding hydrogens is 266 g/mol. The van der Waals surface area contributed by atoms with Crippen molar-refractivity contribution in [1.82, 2.24) is 10.3 Å². The summed E-state index contributed by atoms with van der Waals surface area (Å²) in [5, 5.41) is 2.73. The van der Waals surface area contributed by atoms with E-state index < -0.39 is 0 Å². The van der Waals surface area contributed by atoms with Crippen LogP contribution in [0.15, 0.2) is 23.2 Å². The van der Waals surface area contributed by atoms with Gasteiger partial charge in [0.25, 0.3) is 0 Å². The van der Waals surface area contributed by atoms with E-state index in [1.165, 1.54) is 18.9 Å². The Hall–Kier alpha value is -1.76. The fourth-order valence-corrected chi connectivity index (χ4v) is 1.93. The lowest BCUT2D eigenvalue weighted by molar-refractivity contribution is -0.140. The molecule has 0 spiro atoms. The zero-order valence-corrected chi connectivity index (χ0v) is 11.5. The molecule has 0 aromatic carbocycles. The average molecular weight is 283 g/mol. The second-order valence-corrected chi connectivity index (χ2v) is 4.79. The largest absolute Gasteiger partial charge is 0.469 e. The van der Waals surface area contributed by atoms with Gasteiger partial charge in [0.15, 0.2) is 0 Å². The van der Waals surface area contributed by atoms with Crippen LogP contribution in [-0.4, -0.2) is 36.3 Å². The highest BCUT2D eigenvalue weighted by molar-refractivity contribution is 8.00. The lowest BCUT2D eigenvalue weighted by Gasteiger charge is -2.04. The number of hydrogen-bond acceptors (Lipinski definition) is 6. The maximum absolute atomic E-state index is 11.5. The van der Waals surface area contributed by atoms with Crippen LogP contribution in [0.4, 0.5) is 5.82 Å². The molecule has 1 rings (SSSR count). The summed E-state index contributed by atoms with van der Waals surface area (Å²) in [5.74, 6) is 0.420. The van der Waals surface area contributed by atoms with Crippen LogP contribution in [0.1, 0.15) is 12.8 Å². The van der Waals surface area contributed by atoms with Crippen LogP contribution >= 0.6 is 11.8 Å². The SMILES string of the molecule is COC(=O)CCCNC(=O)CSc1ccc(N)nc1. The van der Waals surface area contributed by atoms with Crippen molar-refractivity contribution >= 4 is 29.5 Å². The first-order chi connectivity index (χ1) is 9.11. The van der Waals surface area contributed by atoms with Gasteiger partial charge in [-0.3, -0.25) is 9.59 Å². The molecule has 0 aliphatic heterocycles. The van der Waals surface area contributed by atoms with E-state index in [2.05, 4.69) is 15.0 Å². The van der Waals surface area contributed by atoms with E-state index >= 15 is 0 Å². The Labute approximate surface area is 116 Å². The monoisotopic (exact) mass is 283 g/mol. The highest BCUT2D eigenvalue weighted by atomic mass is 32.2. The highest BCUT2D eigenvalue weighted by Crippen LogP contribution is 2.16. The first-order valence-corrected chi connectivity index (χ1v) is 6.78. The average Bonchev–Trinajstić information content (AvgIpc) is 2.42. The van der Waals surface area contributed by atoms with E-state index in [0.717, 1.165) is 4.90 Å². The van der Waals surface area contributed by atoms with Crippen molar-refractivity contribution in [3.8, 4) is 0 Å². The van der Waals surface area contributed by atoms with Crippen molar-refractivity contribution in [2.45, 2.75) is 17.7 Å². The van der Waals surface area contributed by atoms with Crippen LogP contribution in [-0.2, 0) is 14.3 Å². The van der Waals surface area contributed by atoms with Crippen LogP contribution in [0.25, 0.3) is 0 Å². The van der Waals surface area contributed by atoms with E-state index in [0.29, 0.717) is 31.0 Å². The molecule has 0 atom stereocenters. The first kappa shape index (κ1) is 15.3. The molecule has 1 amide bonds. The second-order valence-electron chi connectivity index (χ2n) is 3.74. The van der Waals surface area contributed by atoms with Gasteiger partial charge in [0.05, 0.1) is 12.9 Å². The molecule has 3 N–H and O–H groups in total. The number of carbonyl (C=O) groups excluding carboxylic acids is 2. The van der Waals surface area contributed by atoms with Gasteiger partial charge in [0.1, 0.15) is 5.82 Å². The fourth-order valence-electron chi connectivity index (χ4n) is 1.24. The standard InChI is InChI=1S/C12H17N3O3S/c1-18-12(17)3-2-6-14-11(16)8-19-9-4-5-10(13)15-7-9/h4-5,7H,2-3,6,8H2,1H3,(H2,13,15)(H,14,16). The molecule has 1 aromatic rings. The number of nitrogen functional groups attached to an aromatic ring is 1. The van der Waals surface area contributed by atoms with Gasteiger partial charge in [0, 0.05) is 24.1 Å². The molecular formula is C12H17N3O3S. The summed E-state index contributed by atoms with van der Waals surface area (Å²) in [6, 6.07) is 3.51. The highest BCUT2D eigenvalue weighted by Gasteiger charge is 2.04. The minimum absolute atomic E-state index is 0.0771. The zero-order chi connectivity index (χ0) is 14.1. The number of amides is 1. The zero-order valence-electron chi connectivity index (χ0n) is 10.7. The molecule has 19 heavy (non-hydrogen) atoms. The predicted octanol–water partition coefficient (Wildman–Crippen LogP) is 0.825. The smallest absolute Gasteiger partial charge is 0.305 e. The van der Waals surface area contributed by atoms with Crippen molar-refractivity contribution in [2.24, 2.45) is 0 Å². The molecule has 1 heterocycles. The van der Waals surface area contributed by atoms with E-state index in [1.54, 1.807) is 12.3 Å². The third-order valence-corrected chi connectivity index (χ3v) is 3.22. The van der Waals surface area contributed by atoms with Crippen molar-refractivity contribution < 1.29 is 14.3 Å². The van der Waals surface area contributed by atoms with Crippen molar-refractivity contribution in [3.63, 3.8) is 0 Å². The number of nitrogens with zero attached hydrogens (tertiary/aromatic N) is 1. The number of esters is 1. The summed E-state index contributed by atoms with van der Waals surface area (Å²) in [4.78, 5) is 27.2. The van der Waals surface area contributed by atoms with Gasteiger partial charge >= 0.3 is 5.97 Å². The van der Waals surface area contributed by atoms with Gasteiger partial charge in [-0.2, -0.15) is 0 Å². The number of carbonyl (C=O) groups is 2. The summed E-state index contributed by atoms with van der Waals surface area (Å²) >= 11 is 1.38. The molecule has 0 aliphatic rings. The normalized spacial score (nSPS) is 9.95. The number of methoxy groups -OCH3 is 1. The molecule has 0 unspecified atom stereocenters. The van der Waals surface area contributed by atoms with Crippen molar-refractivity contribution in [2.75, 3.05) is 25.1 Å². The van der Waals surface area contributed by atoms with Crippen LogP contribution in [0.3, 0.4) is 0 Å². The third kappa shape index (κ3) is 6.66. The molecule has 0 aliphatic carbocycles. The van der Waals surface area contributed by atoms with Gasteiger partial charge in [0.2, 0.25) is 5.91 Å². The molecule has 0 fully saturated rings. The van der Waals surface area contributed by atoms with Crippen LogP contribution in [0.5, 0.6) is 0 Å². The Kier molecular flexibility index (Phi) is 6.73. The summed E-state index contributed by atoms with van der Waals surface area (Å²) in [6.45, 7) is 0.467. The Balaban J connectivity index is 2.14. The van der Waals surface area contributed by atoms with E-state index in [1.807, 2.05) is 6.07 Å². The molecule has 7 heteroatoms. The summed E-state index contributed by atoms with van der Waals surface area (Å²) in [7, 11) is 1.35. The molecule has 0 saturated carbocycles. The van der Waals surface area contributed by atoms with Gasteiger partial charge in [-0.1, -0.05) is 0 Å². The van der Waals surface area contributed by atoms with Gasteiger partial charge in [-0.15, -0.1) is 11.8 Å². The Bertz CT molecular complexity index is 423. The maximum Gasteiger partial charge on any atom is 0.305 e. The summed E-state index contributed by atoms with van der Waals surface area (Å²) in [5.41, 5.74) is 5.46. The van der Waals surface area contributed by atoms with Gasteiger partial charge in [-0.25, -0.2) is 4.98 Å². The fraction of sp³-hybridized carbons (Fsp3) is 0.417. The lowest BCUT2D eigenvalue weighted by Crippen LogP contribution is -2.26. The molecule has 104 valence electrons. The van der Waals surface area contributed by atoms with E-state index in [9.17, 15) is 9.59 Å². The molecule has 0 saturated heterocycles. The van der Waals surface area contributed by atoms with Crippen LogP contribution < -0.4 is 11.1 Å².